The van der Waals surface area contributed by atoms with Crippen LogP contribution in [0, 0.1) is 0 Å². The van der Waals surface area contributed by atoms with Gasteiger partial charge in [-0.2, -0.15) is 0 Å². The maximum Gasteiger partial charge on any atom is 0.295 e. The summed E-state index contributed by atoms with van der Waals surface area (Å²) in [4.78, 5) is 27.8. The Hall–Kier alpha value is -4.06. The van der Waals surface area contributed by atoms with E-state index in [1.165, 1.54) is 17.0 Å². The maximum absolute atomic E-state index is 13.2. The van der Waals surface area contributed by atoms with Gasteiger partial charge in [0, 0.05) is 18.5 Å². The van der Waals surface area contributed by atoms with Gasteiger partial charge in [0.25, 0.3) is 11.7 Å². The van der Waals surface area contributed by atoms with Crippen molar-refractivity contribution in [3.63, 3.8) is 0 Å². The molecule has 6 heteroatoms. The summed E-state index contributed by atoms with van der Waals surface area (Å²) in [5, 5.41) is 21.4. The molecule has 6 nitrogen and oxygen atoms in total. The summed E-state index contributed by atoms with van der Waals surface area (Å²) in [5.41, 5.74) is 3.03. The molecule has 2 N–H and O–H groups in total. The van der Waals surface area contributed by atoms with Crippen molar-refractivity contribution in [1.29, 1.82) is 0 Å². The van der Waals surface area contributed by atoms with E-state index in [4.69, 9.17) is 4.74 Å². The highest BCUT2D eigenvalue weighted by molar-refractivity contribution is 6.46. The molecule has 5 rings (SSSR count). The van der Waals surface area contributed by atoms with Gasteiger partial charge in [-0.15, -0.1) is 0 Å². The summed E-state index contributed by atoms with van der Waals surface area (Å²) in [7, 11) is 0. The number of phenols is 1. The van der Waals surface area contributed by atoms with Gasteiger partial charge in [0.1, 0.15) is 23.4 Å². The SMILES string of the molecule is C[C@@H]1Cc2cc(/C(O)=C3\C(=O)C(=O)N(CCc4ccccc4)[C@H]3c3cccc(O)c3)ccc2O1. The molecule has 0 spiro atoms. The molecule has 2 aliphatic heterocycles. The number of aromatic hydroxyl groups is 1. The van der Waals surface area contributed by atoms with Crippen molar-refractivity contribution in [3.05, 3.63) is 101 Å². The molecule has 0 bridgehead atoms. The summed E-state index contributed by atoms with van der Waals surface area (Å²) in [6.07, 6.45) is 1.30. The molecule has 0 aliphatic carbocycles. The second kappa shape index (κ2) is 8.71. The minimum absolute atomic E-state index is 0.0230. The highest BCUT2D eigenvalue weighted by Crippen LogP contribution is 2.41. The summed E-state index contributed by atoms with van der Waals surface area (Å²) in [5.74, 6) is -0.837. The van der Waals surface area contributed by atoms with Crippen LogP contribution in [-0.4, -0.2) is 39.5 Å². The van der Waals surface area contributed by atoms with Gasteiger partial charge in [-0.1, -0.05) is 42.5 Å². The summed E-state index contributed by atoms with van der Waals surface area (Å²) >= 11 is 0. The molecule has 0 radical (unpaired) electrons. The van der Waals surface area contributed by atoms with Crippen LogP contribution in [0.4, 0.5) is 0 Å². The van der Waals surface area contributed by atoms with E-state index < -0.39 is 17.7 Å². The number of benzene rings is 3. The summed E-state index contributed by atoms with van der Waals surface area (Å²) in [6, 6.07) is 20.7. The number of carbonyl (C=O) groups excluding carboxylic acids is 2. The van der Waals surface area contributed by atoms with Crippen molar-refractivity contribution in [2.45, 2.75) is 31.9 Å². The fraction of sp³-hybridized carbons (Fsp3) is 0.214. The summed E-state index contributed by atoms with van der Waals surface area (Å²) in [6.45, 7) is 2.26. The molecular formula is C28H25NO5. The quantitative estimate of drug-likeness (QED) is 0.339. The lowest BCUT2D eigenvalue weighted by Crippen LogP contribution is -2.31. The van der Waals surface area contributed by atoms with Crippen molar-refractivity contribution in [2.24, 2.45) is 0 Å². The number of aliphatic hydroxyl groups excluding tert-OH is 1. The van der Waals surface area contributed by atoms with Gasteiger partial charge >= 0.3 is 0 Å². The lowest BCUT2D eigenvalue weighted by atomic mass is 9.94. The topological polar surface area (TPSA) is 87.1 Å². The lowest BCUT2D eigenvalue weighted by molar-refractivity contribution is -0.139. The van der Waals surface area contributed by atoms with Crippen molar-refractivity contribution in [1.82, 2.24) is 4.90 Å². The third-order valence-corrected chi connectivity index (χ3v) is 6.38. The molecule has 2 heterocycles. The number of hydrogen-bond donors (Lipinski definition) is 2. The van der Waals surface area contributed by atoms with Gasteiger partial charge in [0.2, 0.25) is 0 Å². The van der Waals surface area contributed by atoms with Gasteiger partial charge in [0.15, 0.2) is 0 Å². The maximum atomic E-state index is 13.2. The van der Waals surface area contributed by atoms with Crippen LogP contribution in [0.1, 0.15) is 35.2 Å². The number of ketones is 1. The Balaban J connectivity index is 1.58. The Morgan fingerprint density at radius 1 is 1.03 bits per heavy atom. The Morgan fingerprint density at radius 3 is 2.59 bits per heavy atom. The van der Waals surface area contributed by atoms with Gasteiger partial charge in [-0.25, -0.2) is 0 Å². The van der Waals surface area contributed by atoms with Gasteiger partial charge < -0.3 is 19.8 Å². The van der Waals surface area contributed by atoms with Gasteiger partial charge in [-0.3, -0.25) is 9.59 Å². The number of amides is 1. The number of rotatable bonds is 5. The predicted octanol–water partition coefficient (Wildman–Crippen LogP) is 4.38. The van der Waals surface area contributed by atoms with E-state index in [0.717, 1.165) is 16.9 Å². The second-order valence-corrected chi connectivity index (χ2v) is 8.78. The van der Waals surface area contributed by atoms with Gasteiger partial charge in [-0.05, 0) is 60.4 Å². The highest BCUT2D eigenvalue weighted by Gasteiger charge is 2.46. The molecule has 172 valence electrons. The zero-order valence-corrected chi connectivity index (χ0v) is 18.8. The van der Waals surface area contributed by atoms with Crippen LogP contribution in [0.3, 0.4) is 0 Å². The monoisotopic (exact) mass is 455 g/mol. The van der Waals surface area contributed by atoms with Crippen molar-refractivity contribution in [2.75, 3.05) is 6.54 Å². The van der Waals surface area contributed by atoms with E-state index in [1.54, 1.807) is 24.3 Å². The average Bonchev–Trinajstić information content (AvgIpc) is 3.33. The first-order valence-corrected chi connectivity index (χ1v) is 11.3. The molecule has 1 amide bonds. The van der Waals surface area contributed by atoms with Crippen LogP contribution in [0.5, 0.6) is 11.5 Å². The van der Waals surface area contributed by atoms with Crippen LogP contribution < -0.4 is 4.74 Å². The molecular weight excluding hydrogens is 430 g/mol. The van der Waals surface area contributed by atoms with E-state index >= 15 is 0 Å². The van der Waals surface area contributed by atoms with Crippen LogP contribution in [0.15, 0.2) is 78.4 Å². The molecule has 3 aromatic carbocycles. The first kappa shape index (κ1) is 21.8. The number of hydrogen-bond acceptors (Lipinski definition) is 5. The van der Waals surface area contributed by atoms with E-state index in [-0.39, 0.29) is 23.2 Å². The summed E-state index contributed by atoms with van der Waals surface area (Å²) < 4.78 is 5.75. The highest BCUT2D eigenvalue weighted by atomic mass is 16.5. The fourth-order valence-corrected chi connectivity index (χ4v) is 4.77. The minimum Gasteiger partial charge on any atom is -0.508 e. The first-order valence-electron chi connectivity index (χ1n) is 11.3. The van der Waals surface area contributed by atoms with E-state index in [2.05, 4.69) is 0 Å². The third kappa shape index (κ3) is 3.92. The first-order chi connectivity index (χ1) is 16.4. The molecule has 3 aromatic rings. The molecule has 0 aromatic heterocycles. The average molecular weight is 456 g/mol. The number of Topliss-reactive ketones (excluding diaryl/α,β-unsaturated/α-hetero) is 1. The Bertz CT molecular complexity index is 1300. The molecule has 0 saturated carbocycles. The second-order valence-electron chi connectivity index (χ2n) is 8.78. The van der Waals surface area contributed by atoms with Crippen molar-refractivity contribution in [3.8, 4) is 11.5 Å². The smallest absolute Gasteiger partial charge is 0.295 e. The van der Waals surface area contributed by atoms with E-state index in [0.29, 0.717) is 30.5 Å². The Kier molecular flexibility index (Phi) is 5.57. The molecule has 1 saturated heterocycles. The van der Waals surface area contributed by atoms with Gasteiger partial charge in [0.05, 0.1) is 11.6 Å². The standard InChI is InChI=1S/C28H25NO5/c1-17-14-21-15-20(10-11-23(21)34-17)26(31)24-25(19-8-5-9-22(30)16-19)29(28(33)27(24)32)13-12-18-6-3-2-4-7-18/h2-11,15-17,25,30-31H,12-14H2,1H3/b26-24+/t17-,25+/m1/s1. The predicted molar refractivity (Wildman–Crippen MR) is 127 cm³/mol. The Labute approximate surface area is 197 Å². The van der Waals surface area contributed by atoms with Crippen molar-refractivity contribution < 1.29 is 24.5 Å². The number of phenolic OH excluding ortho intramolecular Hbond substituents is 1. The van der Waals surface area contributed by atoms with Crippen LogP contribution in [0.2, 0.25) is 0 Å². The Morgan fingerprint density at radius 2 is 1.82 bits per heavy atom. The molecule has 1 fully saturated rings. The molecule has 0 unspecified atom stereocenters. The minimum atomic E-state index is -0.806. The number of nitrogens with zero attached hydrogens (tertiary/aromatic N) is 1. The van der Waals surface area contributed by atoms with Crippen LogP contribution >= 0.6 is 0 Å². The third-order valence-electron chi connectivity index (χ3n) is 6.38. The molecule has 2 atom stereocenters. The number of aliphatic hydroxyl groups is 1. The number of carbonyl (C=O) groups is 2. The molecule has 2 aliphatic rings. The van der Waals surface area contributed by atoms with Crippen LogP contribution in [0.25, 0.3) is 5.76 Å². The van der Waals surface area contributed by atoms with Crippen molar-refractivity contribution >= 4 is 17.4 Å². The lowest BCUT2D eigenvalue weighted by Gasteiger charge is -2.25. The van der Waals surface area contributed by atoms with E-state index in [1.807, 2.05) is 43.3 Å². The van der Waals surface area contributed by atoms with E-state index in [9.17, 15) is 19.8 Å². The number of fused-ring (bicyclic) bond motifs is 1. The number of likely N-dealkylation sites (tertiary alicyclic amines) is 1. The number of ether oxygens (including phenoxy) is 1. The zero-order chi connectivity index (χ0) is 23.8. The fourth-order valence-electron chi connectivity index (χ4n) is 4.77. The zero-order valence-electron chi connectivity index (χ0n) is 18.8. The largest absolute Gasteiger partial charge is 0.508 e. The molecule has 34 heavy (non-hydrogen) atoms. The normalized spacial score (nSPS) is 20.9. The van der Waals surface area contributed by atoms with Crippen LogP contribution in [-0.2, 0) is 22.4 Å².